The number of carbonyl (C=O) groups is 3. The number of carbonyl (C=O) groups excluding carboxylic acids is 3. The number of hydrogen-bond acceptors (Lipinski definition) is 7. The highest BCUT2D eigenvalue weighted by Crippen LogP contribution is 2.45. The molecule has 4 atom stereocenters. The van der Waals surface area contributed by atoms with Gasteiger partial charge in [-0.2, -0.15) is 0 Å². The van der Waals surface area contributed by atoms with E-state index < -0.39 is 41.8 Å². The minimum absolute atomic E-state index is 0.00126. The van der Waals surface area contributed by atoms with Crippen LogP contribution in [0.5, 0.6) is 11.6 Å². The highest BCUT2D eigenvalue weighted by Gasteiger charge is 2.62. The van der Waals surface area contributed by atoms with Crippen LogP contribution in [-0.4, -0.2) is 40.0 Å². The zero-order valence-corrected chi connectivity index (χ0v) is 14.4. The van der Waals surface area contributed by atoms with Crippen LogP contribution in [0.1, 0.15) is 10.4 Å². The minimum atomic E-state index is -0.901. The molecular weight excluding hydrogens is 364 g/mol. The smallest absolute Gasteiger partial charge is 0.369 e. The van der Waals surface area contributed by atoms with Crippen LogP contribution in [-0.2, 0) is 19.2 Å². The van der Waals surface area contributed by atoms with Crippen molar-refractivity contribution in [3.8, 4) is 11.6 Å². The van der Waals surface area contributed by atoms with Gasteiger partial charge in [0.15, 0.2) is 0 Å². The highest BCUT2D eigenvalue weighted by atomic mass is 16.7. The molecule has 0 N–H and O–H groups in total. The van der Waals surface area contributed by atoms with Crippen molar-refractivity contribution in [2.45, 2.75) is 12.2 Å². The first-order chi connectivity index (χ1) is 13.6. The third-order valence-corrected chi connectivity index (χ3v) is 4.99. The number of pyridine rings is 1. The first-order valence-electron chi connectivity index (χ1n) is 8.75. The molecule has 1 aromatic heterocycles. The van der Waals surface area contributed by atoms with Gasteiger partial charge in [0.05, 0.1) is 24.0 Å². The quantitative estimate of drug-likeness (QED) is 0.592. The summed E-state index contributed by atoms with van der Waals surface area (Å²) < 4.78 is 11.2. The van der Waals surface area contributed by atoms with Gasteiger partial charge in [0.2, 0.25) is 5.88 Å². The third kappa shape index (κ3) is 2.49. The van der Waals surface area contributed by atoms with E-state index in [9.17, 15) is 14.4 Å². The maximum atomic E-state index is 12.7. The summed E-state index contributed by atoms with van der Waals surface area (Å²) >= 11 is 0. The molecule has 3 aliphatic rings. The number of benzene rings is 1. The molecule has 1 aromatic carbocycles. The summed E-state index contributed by atoms with van der Waals surface area (Å²) in [6, 6.07) is 11.8. The lowest BCUT2D eigenvalue weighted by atomic mass is 9.85. The molecule has 2 amide bonds. The van der Waals surface area contributed by atoms with Crippen molar-refractivity contribution in [2.75, 3.05) is 0 Å². The fraction of sp³-hybridized carbons (Fsp3) is 0.200. The molecule has 3 aliphatic heterocycles. The molecule has 5 rings (SSSR count). The molecule has 0 radical (unpaired) electrons. The Labute approximate surface area is 159 Å². The monoisotopic (exact) mass is 378 g/mol. The fourth-order valence-corrected chi connectivity index (χ4v) is 3.73. The number of fused-ring (bicyclic) bond motifs is 5. The van der Waals surface area contributed by atoms with E-state index in [1.54, 1.807) is 36.4 Å². The van der Waals surface area contributed by atoms with E-state index in [2.05, 4.69) is 4.98 Å². The van der Waals surface area contributed by atoms with Gasteiger partial charge in [0.1, 0.15) is 11.3 Å². The number of aromatic nitrogens is 1. The number of nitrogens with zero attached hydrogens (tertiary/aromatic N) is 2. The summed E-state index contributed by atoms with van der Waals surface area (Å²) in [5.41, 5.74) is 0.00126. The highest BCUT2D eigenvalue weighted by molar-refractivity contribution is 6.07. The average Bonchev–Trinajstić information content (AvgIpc) is 3.39. The van der Waals surface area contributed by atoms with E-state index in [0.29, 0.717) is 10.8 Å². The van der Waals surface area contributed by atoms with Crippen LogP contribution in [0.15, 0.2) is 60.8 Å². The molecule has 2 fully saturated rings. The van der Waals surface area contributed by atoms with Gasteiger partial charge in [0.25, 0.3) is 11.8 Å². The third-order valence-electron chi connectivity index (χ3n) is 4.99. The average molecular weight is 378 g/mol. The van der Waals surface area contributed by atoms with E-state index in [1.807, 2.05) is 6.07 Å². The number of hydrogen-bond donors (Lipinski definition) is 0. The first kappa shape index (κ1) is 16.6. The van der Waals surface area contributed by atoms with Gasteiger partial charge in [-0.1, -0.05) is 30.4 Å². The van der Waals surface area contributed by atoms with E-state index in [1.165, 1.54) is 18.3 Å². The van der Waals surface area contributed by atoms with Crippen molar-refractivity contribution < 1.29 is 28.7 Å². The number of hydroxylamine groups is 2. The molecule has 4 unspecified atom stereocenters. The second kappa shape index (κ2) is 6.28. The van der Waals surface area contributed by atoms with Crippen LogP contribution in [0.3, 0.4) is 0 Å². The Kier molecular flexibility index (Phi) is 3.73. The fourth-order valence-electron chi connectivity index (χ4n) is 3.73. The van der Waals surface area contributed by atoms with Gasteiger partial charge in [-0.25, -0.2) is 9.78 Å². The Morgan fingerprint density at radius 3 is 2.32 bits per heavy atom. The maximum absolute atomic E-state index is 12.7. The molecule has 2 aromatic rings. The van der Waals surface area contributed by atoms with Gasteiger partial charge < -0.3 is 14.3 Å². The van der Waals surface area contributed by atoms with Crippen LogP contribution >= 0.6 is 0 Å². The molecule has 140 valence electrons. The Morgan fingerprint density at radius 1 is 0.964 bits per heavy atom. The number of para-hydroxylation sites is 1. The van der Waals surface area contributed by atoms with Crippen molar-refractivity contribution in [1.82, 2.24) is 10.0 Å². The van der Waals surface area contributed by atoms with Gasteiger partial charge in [0, 0.05) is 6.20 Å². The van der Waals surface area contributed by atoms with Crippen molar-refractivity contribution in [3.63, 3.8) is 0 Å². The van der Waals surface area contributed by atoms with Crippen LogP contribution in [0, 0.1) is 11.8 Å². The van der Waals surface area contributed by atoms with Crippen LogP contribution in [0.2, 0.25) is 0 Å². The van der Waals surface area contributed by atoms with E-state index in [4.69, 9.17) is 14.3 Å². The predicted molar refractivity (Wildman–Crippen MR) is 92.8 cm³/mol. The Morgan fingerprint density at radius 2 is 1.64 bits per heavy atom. The second-order valence-electron chi connectivity index (χ2n) is 6.62. The first-order valence-corrected chi connectivity index (χ1v) is 8.75. The summed E-state index contributed by atoms with van der Waals surface area (Å²) in [6.45, 7) is 0. The number of rotatable bonds is 4. The SMILES string of the molecule is O=C(ON1C(=O)C2C3C=CC(O3)C2C1=O)c1cccnc1Oc1ccccc1. The van der Waals surface area contributed by atoms with Gasteiger partial charge >= 0.3 is 5.97 Å². The number of amides is 2. The Balaban J connectivity index is 1.37. The zero-order valence-electron chi connectivity index (χ0n) is 14.4. The summed E-state index contributed by atoms with van der Waals surface area (Å²) in [5.74, 6) is -2.85. The number of imide groups is 1. The van der Waals surface area contributed by atoms with Crippen molar-refractivity contribution >= 4 is 17.8 Å². The Bertz CT molecular complexity index is 975. The van der Waals surface area contributed by atoms with Crippen LogP contribution in [0.4, 0.5) is 0 Å². The van der Waals surface area contributed by atoms with Crippen molar-refractivity contribution in [1.29, 1.82) is 0 Å². The zero-order chi connectivity index (χ0) is 19.3. The molecule has 8 heteroatoms. The molecule has 4 heterocycles. The lowest BCUT2D eigenvalue weighted by Crippen LogP contribution is -2.36. The van der Waals surface area contributed by atoms with E-state index in [0.717, 1.165) is 0 Å². The lowest BCUT2D eigenvalue weighted by molar-refractivity contribution is -0.177. The van der Waals surface area contributed by atoms with Crippen molar-refractivity contribution in [3.05, 3.63) is 66.4 Å². The molecule has 2 saturated heterocycles. The summed E-state index contributed by atoms with van der Waals surface area (Å²) in [7, 11) is 0. The summed E-state index contributed by atoms with van der Waals surface area (Å²) in [5, 5.41) is 0.548. The standard InChI is InChI=1S/C20H14N2O6/c23-18-15-13-8-9-14(27-13)16(15)19(24)22(18)28-20(25)12-7-4-10-21-17(12)26-11-5-2-1-3-6-11/h1-10,13-16H. The van der Waals surface area contributed by atoms with Gasteiger partial charge in [-0.3, -0.25) is 9.59 Å². The largest absolute Gasteiger partial charge is 0.438 e. The second-order valence-corrected chi connectivity index (χ2v) is 6.62. The van der Waals surface area contributed by atoms with Crippen molar-refractivity contribution in [2.24, 2.45) is 11.8 Å². The number of ether oxygens (including phenoxy) is 2. The minimum Gasteiger partial charge on any atom is -0.438 e. The molecule has 28 heavy (non-hydrogen) atoms. The molecule has 8 nitrogen and oxygen atoms in total. The molecule has 0 aliphatic carbocycles. The normalized spacial score (nSPS) is 27.2. The van der Waals surface area contributed by atoms with Gasteiger partial charge in [-0.15, -0.1) is 5.06 Å². The van der Waals surface area contributed by atoms with E-state index >= 15 is 0 Å². The van der Waals surface area contributed by atoms with Gasteiger partial charge in [-0.05, 0) is 24.3 Å². The molecule has 0 spiro atoms. The van der Waals surface area contributed by atoms with Crippen LogP contribution < -0.4 is 4.74 Å². The Hall–Kier alpha value is -3.52. The summed E-state index contributed by atoms with van der Waals surface area (Å²) in [6.07, 6.45) is 4.08. The topological polar surface area (TPSA) is 95.0 Å². The van der Waals surface area contributed by atoms with Crippen LogP contribution in [0.25, 0.3) is 0 Å². The molecule has 0 saturated carbocycles. The summed E-state index contributed by atoms with van der Waals surface area (Å²) in [4.78, 5) is 47.1. The lowest BCUT2D eigenvalue weighted by Gasteiger charge is -2.17. The maximum Gasteiger partial charge on any atom is 0.369 e. The molecule has 2 bridgehead atoms. The molecular formula is C20H14N2O6. The predicted octanol–water partition coefficient (Wildman–Crippen LogP) is 1.88. The van der Waals surface area contributed by atoms with E-state index in [-0.39, 0.29) is 11.4 Å².